The van der Waals surface area contributed by atoms with Gasteiger partial charge in [0, 0.05) is 37.3 Å². The Kier molecular flexibility index (Phi) is 5.91. The Labute approximate surface area is 207 Å². The molecule has 1 heterocycles. The fourth-order valence-electron chi connectivity index (χ4n) is 4.97. The van der Waals surface area contributed by atoms with Gasteiger partial charge in [-0.1, -0.05) is 79.8 Å². The quantitative estimate of drug-likeness (QED) is 0.279. The highest BCUT2D eigenvalue weighted by molar-refractivity contribution is 7.19. The standard InChI is InChI=1S/C31H33N2S/c1-31(2)20-23(11-10-22-12-15-26(16-13-22)32(3)4)18-24(21-31)19-29-33(5)28-17-14-25-8-6-7-9-27(25)30(28)34-29/h6-19H,20-21H2,1-5H3/q+1. The van der Waals surface area contributed by atoms with E-state index in [1.54, 1.807) is 0 Å². The number of benzene rings is 3. The van der Waals surface area contributed by atoms with Crippen LogP contribution in [-0.2, 0) is 7.05 Å². The number of thiazole rings is 1. The summed E-state index contributed by atoms with van der Waals surface area (Å²) in [7, 11) is 6.34. The fraction of sp³-hybridized carbons (Fsp3) is 0.258. The Balaban J connectivity index is 1.49. The molecule has 4 aromatic rings. The Hall–Kier alpha value is -3.17. The minimum absolute atomic E-state index is 0.247. The maximum absolute atomic E-state index is 2.40. The van der Waals surface area contributed by atoms with Gasteiger partial charge >= 0.3 is 0 Å². The van der Waals surface area contributed by atoms with Gasteiger partial charge in [-0.25, -0.2) is 0 Å². The van der Waals surface area contributed by atoms with Crippen LogP contribution in [0.15, 0.2) is 84.0 Å². The molecule has 0 amide bonds. The van der Waals surface area contributed by atoms with E-state index in [0.29, 0.717) is 0 Å². The maximum atomic E-state index is 2.40. The summed E-state index contributed by atoms with van der Waals surface area (Å²) in [5, 5.41) is 3.95. The van der Waals surface area contributed by atoms with Crippen LogP contribution in [0.5, 0.6) is 0 Å². The Bertz CT molecular complexity index is 1450. The molecule has 3 heteroatoms. The van der Waals surface area contributed by atoms with Crippen molar-refractivity contribution in [2.24, 2.45) is 12.5 Å². The van der Waals surface area contributed by atoms with E-state index in [0.717, 1.165) is 12.8 Å². The number of rotatable bonds is 4. The minimum Gasteiger partial charge on any atom is -0.378 e. The fourth-order valence-corrected chi connectivity index (χ4v) is 6.23. The van der Waals surface area contributed by atoms with Crippen molar-refractivity contribution in [3.63, 3.8) is 0 Å². The summed E-state index contributed by atoms with van der Waals surface area (Å²) in [6, 6.07) is 21.9. The molecular formula is C31H33N2S+. The van der Waals surface area contributed by atoms with Gasteiger partial charge in [-0.05, 0) is 58.6 Å². The Morgan fingerprint density at radius 3 is 2.44 bits per heavy atom. The zero-order valence-corrected chi connectivity index (χ0v) is 21.6. The molecule has 34 heavy (non-hydrogen) atoms. The first kappa shape index (κ1) is 22.6. The molecule has 0 spiro atoms. The minimum atomic E-state index is 0.247. The molecule has 2 nitrogen and oxygen atoms in total. The molecule has 1 aliphatic rings. The zero-order valence-electron chi connectivity index (χ0n) is 20.8. The number of aryl methyl sites for hydroxylation is 1. The van der Waals surface area contributed by atoms with Crippen molar-refractivity contribution in [2.45, 2.75) is 26.7 Å². The lowest BCUT2D eigenvalue weighted by molar-refractivity contribution is -0.642. The summed E-state index contributed by atoms with van der Waals surface area (Å²) >= 11 is 1.90. The topological polar surface area (TPSA) is 7.12 Å². The van der Waals surface area contributed by atoms with Gasteiger partial charge in [0.05, 0.1) is 0 Å². The van der Waals surface area contributed by atoms with Gasteiger partial charge in [0.15, 0.2) is 0 Å². The Morgan fingerprint density at radius 1 is 0.912 bits per heavy atom. The number of nitrogens with zero attached hydrogens (tertiary/aromatic N) is 2. The molecule has 0 atom stereocenters. The van der Waals surface area contributed by atoms with E-state index in [1.807, 2.05) is 11.3 Å². The van der Waals surface area contributed by atoms with Crippen molar-refractivity contribution in [2.75, 3.05) is 19.0 Å². The van der Waals surface area contributed by atoms with Gasteiger partial charge in [-0.2, -0.15) is 4.57 Å². The molecule has 1 aromatic heterocycles. The van der Waals surface area contributed by atoms with Crippen LogP contribution < -0.4 is 9.47 Å². The summed E-state index contributed by atoms with van der Waals surface area (Å²) in [6.45, 7) is 4.76. The first-order valence-electron chi connectivity index (χ1n) is 12.0. The van der Waals surface area contributed by atoms with Crippen LogP contribution in [0.2, 0.25) is 0 Å². The number of hydrogen-bond acceptors (Lipinski definition) is 2. The van der Waals surface area contributed by atoms with E-state index in [1.165, 1.54) is 48.4 Å². The van der Waals surface area contributed by atoms with Crippen LogP contribution in [-0.4, -0.2) is 14.1 Å². The predicted molar refractivity (Wildman–Crippen MR) is 149 cm³/mol. The molecule has 0 N–H and O–H groups in total. The van der Waals surface area contributed by atoms with Gasteiger partial charge in [0.2, 0.25) is 5.52 Å². The van der Waals surface area contributed by atoms with Crippen LogP contribution in [0.1, 0.15) is 37.3 Å². The monoisotopic (exact) mass is 465 g/mol. The van der Waals surface area contributed by atoms with Crippen LogP contribution in [0.4, 0.5) is 5.69 Å². The lowest BCUT2D eigenvalue weighted by atomic mass is 9.75. The molecule has 0 aliphatic heterocycles. The van der Waals surface area contributed by atoms with E-state index in [-0.39, 0.29) is 5.41 Å². The molecule has 0 bridgehead atoms. The molecule has 0 radical (unpaired) electrons. The third-order valence-corrected chi connectivity index (χ3v) is 7.94. The first-order chi connectivity index (χ1) is 16.3. The number of allylic oxidation sites excluding steroid dienone is 4. The molecule has 0 saturated heterocycles. The van der Waals surface area contributed by atoms with Crippen molar-refractivity contribution in [3.05, 3.63) is 94.5 Å². The molecule has 1 aliphatic carbocycles. The molecule has 172 valence electrons. The van der Waals surface area contributed by atoms with Crippen molar-refractivity contribution in [1.82, 2.24) is 0 Å². The molecule has 3 aromatic carbocycles. The molecule has 0 saturated carbocycles. The average molecular weight is 466 g/mol. The van der Waals surface area contributed by atoms with E-state index >= 15 is 0 Å². The van der Waals surface area contributed by atoms with E-state index < -0.39 is 0 Å². The van der Waals surface area contributed by atoms with Gasteiger partial charge in [0.25, 0.3) is 5.01 Å². The summed E-state index contributed by atoms with van der Waals surface area (Å²) in [5.41, 5.74) is 6.82. The Morgan fingerprint density at radius 2 is 1.68 bits per heavy atom. The largest absolute Gasteiger partial charge is 0.378 e. The summed E-state index contributed by atoms with van der Waals surface area (Å²) < 4.78 is 3.71. The summed E-state index contributed by atoms with van der Waals surface area (Å²) in [4.78, 5) is 2.13. The predicted octanol–water partition coefficient (Wildman–Crippen LogP) is 7.79. The van der Waals surface area contributed by atoms with E-state index in [9.17, 15) is 0 Å². The highest BCUT2D eigenvalue weighted by atomic mass is 32.1. The van der Waals surface area contributed by atoms with Gasteiger partial charge in [0.1, 0.15) is 11.7 Å². The number of fused-ring (bicyclic) bond motifs is 3. The molecular weight excluding hydrogens is 432 g/mol. The smallest absolute Gasteiger partial charge is 0.262 e. The number of aromatic nitrogens is 1. The lowest BCUT2D eigenvalue weighted by Gasteiger charge is -2.30. The number of hydrogen-bond donors (Lipinski definition) is 0. The lowest BCUT2D eigenvalue weighted by Crippen LogP contribution is -2.29. The van der Waals surface area contributed by atoms with Gasteiger partial charge in [-0.3, -0.25) is 0 Å². The normalized spacial score (nSPS) is 17.1. The second-order valence-electron chi connectivity index (χ2n) is 10.4. The average Bonchev–Trinajstić information content (AvgIpc) is 3.12. The first-order valence-corrected chi connectivity index (χ1v) is 12.8. The van der Waals surface area contributed by atoms with Crippen molar-refractivity contribution in [1.29, 1.82) is 0 Å². The molecule has 0 fully saturated rings. The van der Waals surface area contributed by atoms with Crippen molar-refractivity contribution >= 4 is 50.2 Å². The van der Waals surface area contributed by atoms with Crippen LogP contribution in [0.25, 0.3) is 33.1 Å². The number of anilines is 1. The molecule has 0 unspecified atom stereocenters. The second-order valence-corrected chi connectivity index (χ2v) is 11.4. The van der Waals surface area contributed by atoms with Crippen LogP contribution in [0, 0.1) is 5.41 Å². The van der Waals surface area contributed by atoms with Crippen LogP contribution >= 0.6 is 11.3 Å². The highest BCUT2D eigenvalue weighted by Crippen LogP contribution is 2.40. The third kappa shape index (κ3) is 4.58. The van der Waals surface area contributed by atoms with Gasteiger partial charge < -0.3 is 4.90 Å². The van der Waals surface area contributed by atoms with Crippen molar-refractivity contribution < 1.29 is 4.57 Å². The van der Waals surface area contributed by atoms with Crippen molar-refractivity contribution in [3.8, 4) is 0 Å². The maximum Gasteiger partial charge on any atom is 0.262 e. The van der Waals surface area contributed by atoms with Gasteiger partial charge in [-0.15, -0.1) is 0 Å². The van der Waals surface area contributed by atoms with Crippen LogP contribution in [0.3, 0.4) is 0 Å². The zero-order chi connectivity index (χ0) is 23.9. The SMILES string of the molecule is CN(C)c1ccc(C=CC2=CC(=Cc3sc4c5ccccc5ccc4[n+]3C)CC(C)(C)C2)cc1. The summed E-state index contributed by atoms with van der Waals surface area (Å²) in [6.07, 6.45) is 11.5. The highest BCUT2D eigenvalue weighted by Gasteiger charge is 2.26. The van der Waals surface area contributed by atoms with E-state index in [4.69, 9.17) is 0 Å². The second kappa shape index (κ2) is 8.88. The molecule has 5 rings (SSSR count). The summed E-state index contributed by atoms with van der Waals surface area (Å²) in [5.74, 6) is 0. The third-order valence-electron chi connectivity index (χ3n) is 6.70. The van der Waals surface area contributed by atoms with E-state index in [2.05, 4.69) is 129 Å².